The third kappa shape index (κ3) is 4.20. The van der Waals surface area contributed by atoms with Crippen molar-refractivity contribution in [3.05, 3.63) is 23.4 Å². The summed E-state index contributed by atoms with van der Waals surface area (Å²) in [5.74, 6) is 0.739. The molecular formula is C15H25N3O2. The molecule has 20 heavy (non-hydrogen) atoms. The van der Waals surface area contributed by atoms with E-state index in [1.807, 2.05) is 17.9 Å². The lowest BCUT2D eigenvalue weighted by molar-refractivity contribution is 0.0614. The van der Waals surface area contributed by atoms with Crippen LogP contribution in [0.25, 0.3) is 0 Å². The Bertz CT molecular complexity index is 449. The molecule has 1 amide bonds. The number of nitrogens with zero attached hydrogens (tertiary/aromatic N) is 2. The highest BCUT2D eigenvalue weighted by Crippen LogP contribution is 2.15. The van der Waals surface area contributed by atoms with Crippen LogP contribution < -0.4 is 5.32 Å². The number of nitrogens with one attached hydrogen (secondary N) is 1. The molecule has 0 aliphatic heterocycles. The first kappa shape index (κ1) is 16.4. The second-order valence-corrected chi connectivity index (χ2v) is 4.88. The van der Waals surface area contributed by atoms with Gasteiger partial charge in [0.1, 0.15) is 5.82 Å². The molecule has 1 N–H and O–H groups in total. The van der Waals surface area contributed by atoms with Gasteiger partial charge in [-0.2, -0.15) is 0 Å². The molecule has 5 nitrogen and oxygen atoms in total. The number of anilines is 1. The van der Waals surface area contributed by atoms with Gasteiger partial charge in [0.2, 0.25) is 0 Å². The molecule has 1 rings (SSSR count). The van der Waals surface area contributed by atoms with E-state index in [0.29, 0.717) is 24.5 Å². The SMILES string of the molecule is CCC(C)N(CCOC)C(=O)c1cc(C)nc(NC)c1. The molecule has 0 saturated carbocycles. The number of pyridine rings is 1. The van der Waals surface area contributed by atoms with E-state index in [9.17, 15) is 4.79 Å². The van der Waals surface area contributed by atoms with Crippen LogP contribution in [0.5, 0.6) is 0 Å². The van der Waals surface area contributed by atoms with E-state index >= 15 is 0 Å². The van der Waals surface area contributed by atoms with Crippen molar-refractivity contribution >= 4 is 11.7 Å². The zero-order chi connectivity index (χ0) is 15.1. The summed E-state index contributed by atoms with van der Waals surface area (Å²) in [6.07, 6.45) is 0.915. The van der Waals surface area contributed by atoms with E-state index < -0.39 is 0 Å². The Morgan fingerprint density at radius 3 is 2.75 bits per heavy atom. The lowest BCUT2D eigenvalue weighted by atomic mass is 10.1. The number of methoxy groups -OCH3 is 1. The fraction of sp³-hybridized carbons (Fsp3) is 0.600. The van der Waals surface area contributed by atoms with Crippen molar-refractivity contribution in [1.82, 2.24) is 9.88 Å². The van der Waals surface area contributed by atoms with Crippen LogP contribution in [-0.2, 0) is 4.74 Å². The molecule has 1 heterocycles. The van der Waals surface area contributed by atoms with Gasteiger partial charge < -0.3 is 15.0 Å². The number of rotatable bonds is 7. The maximum atomic E-state index is 12.7. The molecule has 1 unspecified atom stereocenters. The van der Waals surface area contributed by atoms with E-state index in [-0.39, 0.29) is 11.9 Å². The summed E-state index contributed by atoms with van der Waals surface area (Å²) in [4.78, 5) is 18.9. The molecule has 1 aromatic heterocycles. The predicted molar refractivity (Wildman–Crippen MR) is 81.2 cm³/mol. The Labute approximate surface area is 121 Å². The summed E-state index contributed by atoms with van der Waals surface area (Å²) >= 11 is 0. The fourth-order valence-corrected chi connectivity index (χ4v) is 2.02. The topological polar surface area (TPSA) is 54.5 Å². The largest absolute Gasteiger partial charge is 0.383 e. The smallest absolute Gasteiger partial charge is 0.254 e. The molecule has 0 spiro atoms. The molecule has 0 saturated heterocycles. The highest BCUT2D eigenvalue weighted by molar-refractivity contribution is 5.95. The zero-order valence-corrected chi connectivity index (χ0v) is 13.1. The maximum Gasteiger partial charge on any atom is 0.254 e. The fourth-order valence-electron chi connectivity index (χ4n) is 2.02. The van der Waals surface area contributed by atoms with E-state index in [2.05, 4.69) is 24.1 Å². The molecule has 0 bridgehead atoms. The predicted octanol–water partition coefficient (Wildman–Crippen LogP) is 2.32. The highest BCUT2D eigenvalue weighted by Gasteiger charge is 2.21. The number of hydrogen-bond donors (Lipinski definition) is 1. The van der Waals surface area contributed by atoms with Crippen LogP contribution in [0.3, 0.4) is 0 Å². The Hall–Kier alpha value is -1.62. The van der Waals surface area contributed by atoms with Crippen molar-refractivity contribution < 1.29 is 9.53 Å². The van der Waals surface area contributed by atoms with E-state index in [1.54, 1.807) is 20.2 Å². The molecule has 0 fully saturated rings. The Morgan fingerprint density at radius 1 is 1.50 bits per heavy atom. The van der Waals surface area contributed by atoms with E-state index in [1.165, 1.54) is 0 Å². The van der Waals surface area contributed by atoms with Crippen molar-refractivity contribution in [2.24, 2.45) is 0 Å². The number of hydrogen-bond acceptors (Lipinski definition) is 4. The number of aryl methyl sites for hydroxylation is 1. The van der Waals surface area contributed by atoms with E-state index in [4.69, 9.17) is 4.74 Å². The Morgan fingerprint density at radius 2 is 2.20 bits per heavy atom. The first-order valence-corrected chi connectivity index (χ1v) is 6.99. The van der Waals surface area contributed by atoms with Crippen LogP contribution in [0.4, 0.5) is 5.82 Å². The van der Waals surface area contributed by atoms with Gasteiger partial charge in [0, 0.05) is 38.0 Å². The van der Waals surface area contributed by atoms with Crippen LogP contribution in [0, 0.1) is 6.92 Å². The molecule has 1 atom stereocenters. The number of carbonyl (C=O) groups excluding carboxylic acids is 1. The number of carbonyl (C=O) groups is 1. The van der Waals surface area contributed by atoms with Gasteiger partial charge in [-0.15, -0.1) is 0 Å². The van der Waals surface area contributed by atoms with Crippen molar-refractivity contribution in [3.63, 3.8) is 0 Å². The first-order chi connectivity index (χ1) is 9.53. The molecule has 0 radical (unpaired) electrons. The van der Waals surface area contributed by atoms with Gasteiger partial charge in [0.05, 0.1) is 6.61 Å². The van der Waals surface area contributed by atoms with Crippen molar-refractivity contribution in [3.8, 4) is 0 Å². The van der Waals surface area contributed by atoms with Gasteiger partial charge in [0.15, 0.2) is 0 Å². The average Bonchev–Trinajstić information content (AvgIpc) is 2.46. The lowest BCUT2D eigenvalue weighted by Crippen LogP contribution is -2.40. The Kier molecular flexibility index (Phi) is 6.45. The third-order valence-corrected chi connectivity index (χ3v) is 3.38. The van der Waals surface area contributed by atoms with Crippen LogP contribution in [0.15, 0.2) is 12.1 Å². The van der Waals surface area contributed by atoms with E-state index in [0.717, 1.165) is 12.1 Å². The van der Waals surface area contributed by atoms with Gasteiger partial charge in [-0.25, -0.2) is 4.98 Å². The number of ether oxygens (including phenoxy) is 1. The second-order valence-electron chi connectivity index (χ2n) is 4.88. The minimum atomic E-state index is 0.0263. The van der Waals surface area contributed by atoms with Crippen LogP contribution in [-0.4, -0.2) is 49.1 Å². The van der Waals surface area contributed by atoms with Crippen LogP contribution in [0.1, 0.15) is 36.3 Å². The maximum absolute atomic E-state index is 12.7. The highest BCUT2D eigenvalue weighted by atomic mass is 16.5. The standard InChI is InChI=1S/C15H25N3O2/c1-6-12(3)18(7-8-20-5)15(19)13-9-11(2)17-14(10-13)16-4/h9-10,12H,6-8H2,1-5H3,(H,16,17). The van der Waals surface area contributed by atoms with Gasteiger partial charge in [-0.05, 0) is 32.4 Å². The van der Waals surface area contributed by atoms with Gasteiger partial charge >= 0.3 is 0 Å². The number of aromatic nitrogens is 1. The van der Waals surface area contributed by atoms with Gasteiger partial charge in [-0.1, -0.05) is 6.92 Å². The quantitative estimate of drug-likeness (QED) is 0.832. The minimum Gasteiger partial charge on any atom is -0.383 e. The van der Waals surface area contributed by atoms with Crippen LogP contribution in [0.2, 0.25) is 0 Å². The molecule has 5 heteroatoms. The summed E-state index contributed by atoms with van der Waals surface area (Å²) in [5, 5.41) is 2.98. The molecule has 112 valence electrons. The van der Waals surface area contributed by atoms with Gasteiger partial charge in [0.25, 0.3) is 5.91 Å². The molecule has 1 aromatic rings. The summed E-state index contributed by atoms with van der Waals surface area (Å²) in [5.41, 5.74) is 1.49. The third-order valence-electron chi connectivity index (χ3n) is 3.38. The lowest BCUT2D eigenvalue weighted by Gasteiger charge is -2.28. The Balaban J connectivity index is 3.01. The summed E-state index contributed by atoms with van der Waals surface area (Å²) in [6.45, 7) is 7.16. The minimum absolute atomic E-state index is 0.0263. The zero-order valence-electron chi connectivity index (χ0n) is 13.1. The summed E-state index contributed by atoms with van der Waals surface area (Å²) in [7, 11) is 3.45. The van der Waals surface area contributed by atoms with Gasteiger partial charge in [-0.3, -0.25) is 4.79 Å². The van der Waals surface area contributed by atoms with Crippen molar-refractivity contribution in [2.45, 2.75) is 33.2 Å². The van der Waals surface area contributed by atoms with Crippen molar-refractivity contribution in [1.29, 1.82) is 0 Å². The average molecular weight is 279 g/mol. The molecular weight excluding hydrogens is 254 g/mol. The summed E-state index contributed by atoms with van der Waals surface area (Å²) in [6, 6.07) is 3.80. The monoisotopic (exact) mass is 279 g/mol. The molecule has 0 aromatic carbocycles. The number of amides is 1. The molecule has 0 aliphatic carbocycles. The second kappa shape index (κ2) is 7.85. The van der Waals surface area contributed by atoms with Crippen LogP contribution >= 0.6 is 0 Å². The molecule has 0 aliphatic rings. The summed E-state index contributed by atoms with van der Waals surface area (Å²) < 4.78 is 5.10. The normalized spacial score (nSPS) is 12.1. The van der Waals surface area contributed by atoms with Crippen molar-refractivity contribution in [2.75, 3.05) is 32.6 Å². The first-order valence-electron chi connectivity index (χ1n) is 6.99.